The van der Waals surface area contributed by atoms with Crippen LogP contribution < -0.4 is 4.74 Å². The lowest BCUT2D eigenvalue weighted by Crippen LogP contribution is -2.45. The van der Waals surface area contributed by atoms with Gasteiger partial charge in [0.1, 0.15) is 17.7 Å². The van der Waals surface area contributed by atoms with Crippen molar-refractivity contribution < 1.29 is 18.7 Å². The van der Waals surface area contributed by atoms with Crippen LogP contribution in [-0.2, 0) is 9.53 Å². The van der Waals surface area contributed by atoms with E-state index in [0.717, 1.165) is 22.5 Å². The fraction of sp³-hybridized carbons (Fsp3) is 0.280. The van der Waals surface area contributed by atoms with Gasteiger partial charge < -0.3 is 18.9 Å². The number of aryl methyl sites for hydroxylation is 1. The lowest BCUT2D eigenvalue weighted by molar-refractivity contribution is -0.141. The van der Waals surface area contributed by atoms with Gasteiger partial charge in [0.05, 0.1) is 37.4 Å². The number of hydrogen-bond acceptors (Lipinski definition) is 4. The number of aromatic nitrogens is 2. The van der Waals surface area contributed by atoms with Crippen LogP contribution >= 0.6 is 0 Å². The Labute approximate surface area is 186 Å². The second-order valence-electron chi connectivity index (χ2n) is 7.98. The summed E-state index contributed by atoms with van der Waals surface area (Å²) in [5.41, 5.74) is 3.42. The normalized spacial score (nSPS) is 18.5. The van der Waals surface area contributed by atoms with Crippen molar-refractivity contribution in [1.82, 2.24) is 14.5 Å². The molecule has 1 aliphatic rings. The number of carbonyl (C=O) groups excluding carboxylic acids is 1. The van der Waals surface area contributed by atoms with E-state index in [9.17, 15) is 9.18 Å². The van der Waals surface area contributed by atoms with E-state index < -0.39 is 0 Å². The fourth-order valence-electron chi connectivity index (χ4n) is 3.86. The molecule has 7 heteroatoms. The van der Waals surface area contributed by atoms with Crippen molar-refractivity contribution in [2.75, 3.05) is 13.7 Å². The Bertz CT molecular complexity index is 1150. The maximum Gasteiger partial charge on any atom is 0.289 e. The monoisotopic (exact) mass is 435 g/mol. The Morgan fingerprint density at radius 2 is 2.00 bits per heavy atom. The van der Waals surface area contributed by atoms with Crippen LogP contribution in [0.15, 0.2) is 60.7 Å². The number of carbonyl (C=O) groups is 1. The third-order valence-electron chi connectivity index (χ3n) is 5.56. The van der Waals surface area contributed by atoms with Gasteiger partial charge in [-0.25, -0.2) is 9.37 Å². The van der Waals surface area contributed by atoms with E-state index in [2.05, 4.69) is 4.98 Å². The molecule has 6 nitrogen and oxygen atoms in total. The lowest BCUT2D eigenvalue weighted by atomic mass is 10.0. The van der Waals surface area contributed by atoms with Crippen molar-refractivity contribution in [3.8, 4) is 11.4 Å². The van der Waals surface area contributed by atoms with Crippen molar-refractivity contribution in [1.29, 1.82) is 0 Å². The Balaban J connectivity index is 1.62. The number of methoxy groups -OCH3 is 1. The molecule has 2 heterocycles. The molecule has 4 rings (SSSR count). The largest absolute Gasteiger partial charge is 0.495 e. The number of amides is 1. The molecule has 0 spiro atoms. The van der Waals surface area contributed by atoms with Gasteiger partial charge in [-0.3, -0.25) is 4.79 Å². The van der Waals surface area contributed by atoms with Crippen LogP contribution in [-0.4, -0.2) is 40.1 Å². The van der Waals surface area contributed by atoms with Gasteiger partial charge in [0.2, 0.25) is 0 Å². The van der Waals surface area contributed by atoms with Crippen LogP contribution in [0.25, 0.3) is 11.8 Å². The molecule has 32 heavy (non-hydrogen) atoms. The molecule has 2 aromatic carbocycles. The Morgan fingerprint density at radius 3 is 2.66 bits per heavy atom. The van der Waals surface area contributed by atoms with E-state index in [1.54, 1.807) is 36.5 Å². The van der Waals surface area contributed by atoms with E-state index in [-0.39, 0.29) is 29.6 Å². The van der Waals surface area contributed by atoms with Crippen LogP contribution in [0.2, 0.25) is 0 Å². The van der Waals surface area contributed by atoms with Crippen LogP contribution in [0.3, 0.4) is 0 Å². The topological polar surface area (TPSA) is 56.6 Å². The molecule has 0 bridgehead atoms. The van der Waals surface area contributed by atoms with Crippen molar-refractivity contribution >= 4 is 12.0 Å². The molecule has 0 aliphatic carbocycles. The summed E-state index contributed by atoms with van der Waals surface area (Å²) < 4.78 is 26.7. The van der Waals surface area contributed by atoms with E-state index >= 15 is 0 Å². The maximum atomic E-state index is 13.3. The van der Waals surface area contributed by atoms with Gasteiger partial charge in [0.25, 0.3) is 5.91 Å². The first-order valence-electron chi connectivity index (χ1n) is 10.5. The highest BCUT2D eigenvalue weighted by Crippen LogP contribution is 2.30. The third-order valence-corrected chi connectivity index (χ3v) is 5.56. The minimum Gasteiger partial charge on any atom is -0.495 e. The molecule has 1 fully saturated rings. The van der Waals surface area contributed by atoms with Crippen LogP contribution in [0.1, 0.15) is 36.7 Å². The number of imidazole rings is 1. The van der Waals surface area contributed by atoms with Crippen LogP contribution in [0.4, 0.5) is 4.39 Å². The summed E-state index contributed by atoms with van der Waals surface area (Å²) in [4.78, 5) is 19.2. The molecule has 2 atom stereocenters. The van der Waals surface area contributed by atoms with E-state index in [0.29, 0.717) is 12.3 Å². The molecule has 1 amide bonds. The molecule has 0 unspecified atom stereocenters. The quantitative estimate of drug-likeness (QED) is 0.546. The molecule has 0 saturated carbocycles. The maximum absolute atomic E-state index is 13.3. The number of ether oxygens (including phenoxy) is 2. The van der Waals surface area contributed by atoms with E-state index in [1.165, 1.54) is 12.1 Å². The van der Waals surface area contributed by atoms with Gasteiger partial charge in [-0.05, 0) is 62.2 Å². The van der Waals surface area contributed by atoms with Crippen molar-refractivity contribution in [3.05, 3.63) is 83.4 Å². The SMILES string of the molecule is COc1cc(C=C2O[C@H](C)CN([C@@H](C)c3ccc(F)cc3)C2=O)ccc1-n1cnc(C)c1. The van der Waals surface area contributed by atoms with Crippen molar-refractivity contribution in [2.24, 2.45) is 0 Å². The van der Waals surface area contributed by atoms with Gasteiger partial charge in [-0.15, -0.1) is 0 Å². The van der Waals surface area contributed by atoms with Gasteiger partial charge in [-0.1, -0.05) is 18.2 Å². The van der Waals surface area contributed by atoms with Gasteiger partial charge in [0, 0.05) is 6.20 Å². The zero-order valence-corrected chi connectivity index (χ0v) is 18.6. The second-order valence-corrected chi connectivity index (χ2v) is 7.98. The number of benzene rings is 2. The standard InChI is InChI=1S/C25H26FN3O3/c1-16-13-28(15-27-16)22-10-5-19(11-23(22)31-4)12-24-25(30)29(14-17(2)32-24)18(3)20-6-8-21(26)9-7-20/h5-13,15,17-18H,14H2,1-4H3/t17-,18+/m1/s1. The third kappa shape index (κ3) is 4.37. The summed E-state index contributed by atoms with van der Waals surface area (Å²) in [5.74, 6) is 0.426. The first-order valence-corrected chi connectivity index (χ1v) is 10.5. The number of halogens is 1. The molecule has 1 saturated heterocycles. The molecule has 0 N–H and O–H groups in total. The highest BCUT2D eigenvalue weighted by atomic mass is 19.1. The van der Waals surface area contributed by atoms with Crippen LogP contribution in [0, 0.1) is 12.7 Å². The molecule has 1 aliphatic heterocycles. The van der Waals surface area contributed by atoms with Gasteiger partial charge in [-0.2, -0.15) is 0 Å². The highest BCUT2D eigenvalue weighted by Gasteiger charge is 2.32. The molecular formula is C25H26FN3O3. The first kappa shape index (κ1) is 21.6. The summed E-state index contributed by atoms with van der Waals surface area (Å²) in [5, 5.41) is 0. The number of hydrogen-bond donors (Lipinski definition) is 0. The minimum absolute atomic E-state index is 0.169. The second kappa shape index (κ2) is 8.86. The Kier molecular flexibility index (Phi) is 5.99. The van der Waals surface area contributed by atoms with Crippen molar-refractivity contribution in [3.63, 3.8) is 0 Å². The molecule has 166 valence electrons. The summed E-state index contributed by atoms with van der Waals surface area (Å²) in [6.45, 7) is 6.24. The predicted octanol–water partition coefficient (Wildman–Crippen LogP) is 4.68. The smallest absolute Gasteiger partial charge is 0.289 e. The minimum atomic E-state index is -0.300. The first-order chi connectivity index (χ1) is 15.4. The Hall–Kier alpha value is -3.61. The van der Waals surface area contributed by atoms with E-state index in [4.69, 9.17) is 9.47 Å². The summed E-state index contributed by atoms with van der Waals surface area (Å²) in [7, 11) is 1.61. The number of morpholine rings is 1. The average Bonchev–Trinajstić information content (AvgIpc) is 3.22. The molecule has 3 aromatic rings. The summed E-state index contributed by atoms with van der Waals surface area (Å²) in [6.07, 6.45) is 5.21. The highest BCUT2D eigenvalue weighted by molar-refractivity contribution is 5.96. The van der Waals surface area contributed by atoms with E-state index in [1.807, 2.05) is 49.7 Å². The molecule has 0 radical (unpaired) electrons. The Morgan fingerprint density at radius 1 is 1.25 bits per heavy atom. The molecule has 1 aromatic heterocycles. The van der Waals surface area contributed by atoms with Gasteiger partial charge >= 0.3 is 0 Å². The fourth-order valence-corrected chi connectivity index (χ4v) is 3.86. The van der Waals surface area contributed by atoms with Gasteiger partial charge in [0.15, 0.2) is 5.76 Å². The van der Waals surface area contributed by atoms with Crippen LogP contribution in [0.5, 0.6) is 5.75 Å². The summed E-state index contributed by atoms with van der Waals surface area (Å²) >= 11 is 0. The summed E-state index contributed by atoms with van der Waals surface area (Å²) in [6, 6.07) is 11.7. The number of nitrogens with zero attached hydrogens (tertiary/aromatic N) is 3. The van der Waals surface area contributed by atoms with Crippen molar-refractivity contribution in [2.45, 2.75) is 32.9 Å². The predicted molar refractivity (Wildman–Crippen MR) is 120 cm³/mol. The average molecular weight is 435 g/mol. The zero-order valence-electron chi connectivity index (χ0n) is 18.6. The number of rotatable bonds is 5. The molecular weight excluding hydrogens is 409 g/mol. The lowest BCUT2D eigenvalue weighted by Gasteiger charge is -2.37. The zero-order chi connectivity index (χ0) is 22.8.